The molecule has 156 valence electrons. The standard InChI is InChI=1S/C23H31N3O3/c1-16-6-5-7-18(14-16)26-20(27)15-29-19-10-8-17(9-11-19)12-13-25-22(28)21(24)23(2,3)4/h5-11,14,21H,12-13,15,24H2,1-4H3,(H,25,28)(H,26,27)/t21-/m1/s1. The first-order valence-electron chi connectivity index (χ1n) is 9.77. The Bertz CT molecular complexity index is 826. The monoisotopic (exact) mass is 397 g/mol. The molecule has 6 nitrogen and oxygen atoms in total. The van der Waals surface area contributed by atoms with Crippen molar-refractivity contribution < 1.29 is 14.3 Å². The second-order valence-corrected chi connectivity index (χ2v) is 8.24. The minimum absolute atomic E-state index is 0.0615. The smallest absolute Gasteiger partial charge is 0.262 e. The molecule has 2 amide bonds. The van der Waals surface area contributed by atoms with E-state index < -0.39 is 6.04 Å². The number of nitrogens with two attached hydrogens (primary N) is 1. The number of aryl methyl sites for hydroxylation is 1. The zero-order valence-electron chi connectivity index (χ0n) is 17.6. The third-order valence-electron chi connectivity index (χ3n) is 4.52. The van der Waals surface area contributed by atoms with E-state index in [1.807, 2.05) is 76.2 Å². The van der Waals surface area contributed by atoms with Gasteiger partial charge in [-0.1, -0.05) is 45.0 Å². The largest absolute Gasteiger partial charge is 0.484 e. The van der Waals surface area contributed by atoms with Gasteiger partial charge in [-0.2, -0.15) is 0 Å². The van der Waals surface area contributed by atoms with Crippen LogP contribution in [0, 0.1) is 12.3 Å². The summed E-state index contributed by atoms with van der Waals surface area (Å²) >= 11 is 0. The van der Waals surface area contributed by atoms with Crippen LogP contribution in [-0.4, -0.2) is 31.0 Å². The number of anilines is 1. The summed E-state index contributed by atoms with van der Waals surface area (Å²) in [5.41, 5.74) is 8.57. The summed E-state index contributed by atoms with van der Waals surface area (Å²) in [6.07, 6.45) is 0.691. The van der Waals surface area contributed by atoms with E-state index in [-0.39, 0.29) is 23.8 Å². The number of nitrogens with one attached hydrogen (secondary N) is 2. The summed E-state index contributed by atoms with van der Waals surface area (Å²) in [7, 11) is 0. The first kappa shape index (κ1) is 22.4. The van der Waals surface area contributed by atoms with Crippen molar-refractivity contribution in [2.24, 2.45) is 11.1 Å². The average molecular weight is 398 g/mol. The first-order valence-corrected chi connectivity index (χ1v) is 9.77. The van der Waals surface area contributed by atoms with Crippen LogP contribution < -0.4 is 21.1 Å². The van der Waals surface area contributed by atoms with Crippen LogP contribution in [0.1, 0.15) is 31.9 Å². The van der Waals surface area contributed by atoms with Crippen molar-refractivity contribution in [1.29, 1.82) is 0 Å². The number of rotatable bonds is 8. The fraction of sp³-hybridized carbons (Fsp3) is 0.391. The van der Waals surface area contributed by atoms with E-state index in [1.54, 1.807) is 0 Å². The van der Waals surface area contributed by atoms with Crippen LogP contribution in [0.15, 0.2) is 48.5 Å². The molecule has 29 heavy (non-hydrogen) atoms. The Balaban J connectivity index is 1.74. The maximum Gasteiger partial charge on any atom is 0.262 e. The molecule has 0 spiro atoms. The summed E-state index contributed by atoms with van der Waals surface area (Å²) in [5.74, 6) is 0.265. The van der Waals surface area contributed by atoms with Crippen molar-refractivity contribution >= 4 is 17.5 Å². The Kier molecular flexibility index (Phi) is 7.79. The summed E-state index contributed by atoms with van der Waals surface area (Å²) < 4.78 is 5.54. The summed E-state index contributed by atoms with van der Waals surface area (Å²) in [6.45, 7) is 8.25. The number of carbonyl (C=O) groups excluding carboxylic acids is 2. The van der Waals surface area contributed by atoms with Crippen molar-refractivity contribution in [3.05, 3.63) is 59.7 Å². The lowest BCUT2D eigenvalue weighted by molar-refractivity contribution is -0.124. The highest BCUT2D eigenvalue weighted by atomic mass is 16.5. The van der Waals surface area contributed by atoms with Gasteiger partial charge in [0.1, 0.15) is 5.75 Å². The summed E-state index contributed by atoms with van der Waals surface area (Å²) in [6, 6.07) is 14.5. The van der Waals surface area contributed by atoms with Crippen LogP contribution in [0.5, 0.6) is 5.75 Å². The Labute approximate surface area is 172 Å². The molecule has 0 aliphatic rings. The molecule has 2 rings (SSSR count). The molecule has 0 aliphatic heterocycles. The Morgan fingerprint density at radius 1 is 1.10 bits per heavy atom. The molecule has 0 saturated carbocycles. The van der Waals surface area contributed by atoms with Gasteiger partial charge in [-0.3, -0.25) is 9.59 Å². The molecular formula is C23H31N3O3. The molecule has 6 heteroatoms. The Morgan fingerprint density at radius 2 is 1.79 bits per heavy atom. The predicted octanol–water partition coefficient (Wildman–Crippen LogP) is 3.04. The number of hydrogen-bond donors (Lipinski definition) is 3. The van der Waals surface area contributed by atoms with Crippen LogP contribution in [0.4, 0.5) is 5.69 Å². The number of benzene rings is 2. The fourth-order valence-electron chi connectivity index (χ4n) is 2.65. The van der Waals surface area contributed by atoms with Crippen molar-refractivity contribution in [2.45, 2.75) is 40.2 Å². The molecule has 0 bridgehead atoms. The van der Waals surface area contributed by atoms with E-state index in [1.165, 1.54) is 0 Å². The number of amides is 2. The number of ether oxygens (including phenoxy) is 1. The van der Waals surface area contributed by atoms with Gasteiger partial charge in [0.15, 0.2) is 6.61 Å². The average Bonchev–Trinajstić information content (AvgIpc) is 2.66. The highest BCUT2D eigenvalue weighted by Crippen LogP contribution is 2.17. The van der Waals surface area contributed by atoms with Crippen molar-refractivity contribution in [1.82, 2.24) is 5.32 Å². The second kappa shape index (κ2) is 10.1. The molecule has 1 atom stereocenters. The van der Waals surface area contributed by atoms with Gasteiger partial charge in [0.05, 0.1) is 6.04 Å². The topological polar surface area (TPSA) is 93.5 Å². The molecule has 0 aromatic heterocycles. The lowest BCUT2D eigenvalue weighted by Gasteiger charge is -2.25. The highest BCUT2D eigenvalue weighted by Gasteiger charge is 2.26. The van der Waals surface area contributed by atoms with Gasteiger partial charge in [-0.25, -0.2) is 0 Å². The van der Waals surface area contributed by atoms with Crippen LogP contribution in [0.3, 0.4) is 0 Å². The van der Waals surface area contributed by atoms with Gasteiger partial charge in [-0.15, -0.1) is 0 Å². The first-order chi connectivity index (χ1) is 13.6. The van der Waals surface area contributed by atoms with E-state index in [0.29, 0.717) is 18.7 Å². The van der Waals surface area contributed by atoms with Crippen molar-refractivity contribution in [3.8, 4) is 5.75 Å². The van der Waals surface area contributed by atoms with E-state index >= 15 is 0 Å². The Morgan fingerprint density at radius 3 is 2.41 bits per heavy atom. The second-order valence-electron chi connectivity index (χ2n) is 8.24. The molecule has 0 fully saturated rings. The normalized spacial score (nSPS) is 12.2. The van der Waals surface area contributed by atoms with Gasteiger partial charge in [-0.05, 0) is 54.2 Å². The zero-order chi connectivity index (χ0) is 21.4. The predicted molar refractivity (Wildman–Crippen MR) is 116 cm³/mol. The van der Waals surface area contributed by atoms with Crippen LogP contribution in [0.25, 0.3) is 0 Å². The van der Waals surface area contributed by atoms with E-state index in [4.69, 9.17) is 10.5 Å². The van der Waals surface area contributed by atoms with Gasteiger partial charge in [0.2, 0.25) is 5.91 Å². The van der Waals surface area contributed by atoms with Crippen molar-refractivity contribution in [2.75, 3.05) is 18.5 Å². The van der Waals surface area contributed by atoms with Crippen LogP contribution in [0.2, 0.25) is 0 Å². The van der Waals surface area contributed by atoms with Crippen LogP contribution in [-0.2, 0) is 16.0 Å². The van der Waals surface area contributed by atoms with Gasteiger partial charge in [0.25, 0.3) is 5.91 Å². The fourth-order valence-corrected chi connectivity index (χ4v) is 2.65. The Hall–Kier alpha value is -2.86. The molecule has 2 aromatic carbocycles. The molecule has 0 unspecified atom stereocenters. The molecule has 4 N–H and O–H groups in total. The third-order valence-corrected chi connectivity index (χ3v) is 4.52. The zero-order valence-corrected chi connectivity index (χ0v) is 17.6. The minimum Gasteiger partial charge on any atom is -0.484 e. The minimum atomic E-state index is -0.538. The maximum atomic E-state index is 12.0. The number of carbonyl (C=O) groups is 2. The van der Waals surface area contributed by atoms with E-state index in [2.05, 4.69) is 10.6 Å². The van der Waals surface area contributed by atoms with E-state index in [0.717, 1.165) is 16.8 Å². The lowest BCUT2D eigenvalue weighted by Crippen LogP contribution is -2.48. The third kappa shape index (κ3) is 7.58. The molecule has 0 saturated heterocycles. The van der Waals surface area contributed by atoms with E-state index in [9.17, 15) is 9.59 Å². The number of hydrogen-bond acceptors (Lipinski definition) is 4. The molecule has 0 aliphatic carbocycles. The van der Waals surface area contributed by atoms with Crippen LogP contribution >= 0.6 is 0 Å². The van der Waals surface area contributed by atoms with Crippen molar-refractivity contribution in [3.63, 3.8) is 0 Å². The highest BCUT2D eigenvalue weighted by molar-refractivity contribution is 5.91. The summed E-state index contributed by atoms with van der Waals surface area (Å²) in [4.78, 5) is 24.0. The summed E-state index contributed by atoms with van der Waals surface area (Å²) in [5, 5.41) is 5.68. The maximum absolute atomic E-state index is 12.0. The molecule has 0 heterocycles. The van der Waals surface area contributed by atoms with Gasteiger partial charge < -0.3 is 21.1 Å². The molecule has 0 radical (unpaired) electrons. The molecular weight excluding hydrogens is 366 g/mol. The quantitative estimate of drug-likeness (QED) is 0.638. The van der Waals surface area contributed by atoms with Gasteiger partial charge in [0, 0.05) is 12.2 Å². The molecule has 2 aromatic rings. The SMILES string of the molecule is Cc1cccc(NC(=O)COc2ccc(CCNC(=O)[C@@H](N)C(C)(C)C)cc2)c1. The lowest BCUT2D eigenvalue weighted by atomic mass is 9.87. The van der Waals surface area contributed by atoms with Gasteiger partial charge >= 0.3 is 0 Å².